The van der Waals surface area contributed by atoms with E-state index in [-0.39, 0.29) is 16.2 Å². The van der Waals surface area contributed by atoms with Crippen LogP contribution >= 0.6 is 0 Å². The number of carboxylic acids is 1. The topological polar surface area (TPSA) is 69.6 Å². The van der Waals surface area contributed by atoms with Crippen molar-refractivity contribution in [3.05, 3.63) is 53.6 Å². The number of carboxylic acid groups (broad SMARTS) is 1. The molecular weight excluding hydrogens is 592 g/mol. The van der Waals surface area contributed by atoms with Crippen LogP contribution in [0.5, 0.6) is 0 Å². The van der Waals surface area contributed by atoms with Gasteiger partial charge in [0, 0.05) is 19.6 Å². The zero-order valence-corrected chi connectivity index (χ0v) is 30.8. The number of nitrogens with one attached hydrogen (secondary N) is 1. The molecule has 9 atom stereocenters. The average molecular weight is 655 g/mol. The molecule has 5 heteroatoms. The quantitative estimate of drug-likeness (QED) is 0.288. The highest BCUT2D eigenvalue weighted by Gasteiger charge is 2.70. The van der Waals surface area contributed by atoms with Crippen LogP contribution in [0.15, 0.2) is 42.5 Å². The Bertz CT molecular complexity index is 1490. The van der Waals surface area contributed by atoms with Crippen LogP contribution in [-0.4, -0.2) is 48.1 Å². The molecule has 7 rings (SSSR count). The molecule has 0 aromatic heterocycles. The Hall–Kier alpha value is -2.40. The number of carbonyl (C=O) groups is 2. The molecule has 0 radical (unpaired) electrons. The van der Waals surface area contributed by atoms with Crippen molar-refractivity contribution >= 4 is 17.4 Å². The van der Waals surface area contributed by atoms with Gasteiger partial charge in [-0.15, -0.1) is 0 Å². The highest BCUT2D eigenvalue weighted by molar-refractivity contribution is 5.88. The first-order valence-corrected chi connectivity index (χ1v) is 19.4. The maximum absolute atomic E-state index is 13.0. The third kappa shape index (κ3) is 4.94. The van der Waals surface area contributed by atoms with Crippen molar-refractivity contribution in [2.75, 3.05) is 26.2 Å². The van der Waals surface area contributed by atoms with E-state index in [0.29, 0.717) is 58.4 Å². The smallest absolute Gasteiger partial charge is 0.335 e. The summed E-state index contributed by atoms with van der Waals surface area (Å²) in [7, 11) is 0. The summed E-state index contributed by atoms with van der Waals surface area (Å²) in [6, 6.07) is 7.61. The number of hydrogen-bond acceptors (Lipinski definition) is 3. The predicted molar refractivity (Wildman–Crippen MR) is 194 cm³/mol. The van der Waals surface area contributed by atoms with E-state index in [2.05, 4.69) is 64.4 Å². The van der Waals surface area contributed by atoms with Crippen molar-refractivity contribution < 1.29 is 14.7 Å². The monoisotopic (exact) mass is 654 g/mol. The predicted octanol–water partition coefficient (Wildman–Crippen LogP) is 9.25. The van der Waals surface area contributed by atoms with Crippen molar-refractivity contribution in [2.24, 2.45) is 56.7 Å². The lowest BCUT2D eigenvalue weighted by atomic mass is 9.32. The number of nitrogens with zero attached hydrogens (tertiary/aromatic N) is 1. The van der Waals surface area contributed by atoms with Gasteiger partial charge in [-0.2, -0.15) is 0 Å². The molecule has 5 nitrogen and oxygen atoms in total. The van der Waals surface area contributed by atoms with Crippen LogP contribution in [0.3, 0.4) is 0 Å². The first-order chi connectivity index (χ1) is 22.7. The minimum absolute atomic E-state index is 0.0210. The van der Waals surface area contributed by atoms with Crippen LogP contribution < -0.4 is 5.32 Å². The maximum atomic E-state index is 13.0. The molecule has 6 aliphatic rings. The number of aromatic carboxylic acids is 1. The average Bonchev–Trinajstić information content (AvgIpc) is 3.71. The Morgan fingerprint density at radius 2 is 1.60 bits per heavy atom. The summed E-state index contributed by atoms with van der Waals surface area (Å²) in [6.07, 6.45) is 16.2. The molecule has 1 saturated heterocycles. The van der Waals surface area contributed by atoms with Gasteiger partial charge in [0.15, 0.2) is 0 Å². The molecule has 262 valence electrons. The Labute approximate surface area is 290 Å². The van der Waals surface area contributed by atoms with Gasteiger partial charge in [0.05, 0.1) is 12.1 Å². The van der Waals surface area contributed by atoms with Crippen LogP contribution in [0, 0.1) is 56.7 Å². The maximum Gasteiger partial charge on any atom is 0.335 e. The molecule has 1 aliphatic heterocycles. The largest absolute Gasteiger partial charge is 0.478 e. The number of hydrogen-bond donors (Lipinski definition) is 2. The van der Waals surface area contributed by atoms with Gasteiger partial charge >= 0.3 is 5.97 Å². The number of likely N-dealkylation sites (tertiary alicyclic amines) is 1. The zero-order chi connectivity index (χ0) is 34.3. The van der Waals surface area contributed by atoms with E-state index >= 15 is 0 Å². The third-order valence-electron chi connectivity index (χ3n) is 16.5. The van der Waals surface area contributed by atoms with E-state index in [1.54, 1.807) is 12.1 Å². The lowest BCUT2D eigenvalue weighted by Crippen LogP contribution is -2.66. The Balaban J connectivity index is 1.16. The highest BCUT2D eigenvalue weighted by atomic mass is 16.4. The summed E-state index contributed by atoms with van der Waals surface area (Å²) in [6.45, 7) is 23.2. The summed E-state index contributed by atoms with van der Waals surface area (Å²) < 4.78 is 0. The Morgan fingerprint density at radius 3 is 2.27 bits per heavy atom. The van der Waals surface area contributed by atoms with E-state index in [0.717, 1.165) is 38.9 Å². The fraction of sp³-hybridized carbons (Fsp3) is 0.721. The van der Waals surface area contributed by atoms with Gasteiger partial charge < -0.3 is 15.3 Å². The number of allylic oxidation sites excluding steroid dienone is 3. The molecular formula is C43H62N2O3. The van der Waals surface area contributed by atoms with Crippen LogP contribution in [0.1, 0.15) is 128 Å². The van der Waals surface area contributed by atoms with Gasteiger partial charge in [0.1, 0.15) is 0 Å². The molecule has 0 spiro atoms. The standard InChI is InChI=1S/C43H62N2O3/c1-28(2)31-16-21-43(27-44-26-36(46)45-24-8-9-25-45)23-22-41(6)33(37(31)43)14-15-35-40(5)19-17-32(29-10-12-30(13-11-29)38(47)48)39(3,4)34(40)18-20-42(35,41)7/h10-13,17,31,33-35,37,44H,1,8-9,14-16,18-27H2,2-7H3,(H,47,48)/t31-,33+,34-,35+,37+,40-,41+,42+,43+/m0/s1. The summed E-state index contributed by atoms with van der Waals surface area (Å²) >= 11 is 0. The molecule has 1 aromatic rings. The third-order valence-corrected chi connectivity index (χ3v) is 16.5. The molecule has 48 heavy (non-hydrogen) atoms. The molecule has 5 aliphatic carbocycles. The lowest BCUT2D eigenvalue weighted by molar-refractivity contribution is -0.225. The van der Waals surface area contributed by atoms with Crippen molar-refractivity contribution in [3.8, 4) is 0 Å². The van der Waals surface area contributed by atoms with Crippen molar-refractivity contribution in [1.29, 1.82) is 0 Å². The van der Waals surface area contributed by atoms with Crippen molar-refractivity contribution in [2.45, 2.75) is 112 Å². The first kappa shape index (κ1) is 34.1. The Kier molecular flexibility index (Phi) is 8.41. The van der Waals surface area contributed by atoms with E-state index < -0.39 is 5.97 Å². The van der Waals surface area contributed by atoms with Crippen LogP contribution in [0.4, 0.5) is 0 Å². The van der Waals surface area contributed by atoms with Crippen molar-refractivity contribution in [3.63, 3.8) is 0 Å². The van der Waals surface area contributed by atoms with Gasteiger partial charge in [0.25, 0.3) is 0 Å². The lowest BCUT2D eigenvalue weighted by Gasteiger charge is -2.72. The Morgan fingerprint density at radius 1 is 0.896 bits per heavy atom. The van der Waals surface area contributed by atoms with E-state index in [4.69, 9.17) is 0 Å². The van der Waals surface area contributed by atoms with Crippen LogP contribution in [0.2, 0.25) is 0 Å². The fourth-order valence-corrected chi connectivity index (χ4v) is 14.0. The molecule has 5 fully saturated rings. The number of carbonyl (C=O) groups excluding carboxylic acids is 1. The van der Waals surface area contributed by atoms with Gasteiger partial charge in [-0.25, -0.2) is 4.79 Å². The number of fused-ring (bicyclic) bond motifs is 7. The van der Waals surface area contributed by atoms with Crippen molar-refractivity contribution in [1.82, 2.24) is 10.2 Å². The molecule has 2 N–H and O–H groups in total. The molecule has 1 aromatic carbocycles. The molecule has 1 amide bonds. The molecule has 1 heterocycles. The van der Waals surface area contributed by atoms with E-state index in [1.807, 2.05) is 12.1 Å². The second-order valence-corrected chi connectivity index (χ2v) is 18.7. The van der Waals surface area contributed by atoms with Crippen LogP contribution in [0.25, 0.3) is 5.57 Å². The van der Waals surface area contributed by atoms with Gasteiger partial charge in [-0.05, 0) is 157 Å². The zero-order valence-electron chi connectivity index (χ0n) is 30.8. The summed E-state index contributed by atoms with van der Waals surface area (Å²) in [5.41, 5.74) is 5.44. The minimum atomic E-state index is -0.863. The second kappa shape index (κ2) is 11.8. The summed E-state index contributed by atoms with van der Waals surface area (Å²) in [4.78, 5) is 26.6. The number of amides is 1. The highest BCUT2D eigenvalue weighted by Crippen LogP contribution is 2.77. The normalized spacial score (nSPS) is 41.4. The molecule has 0 unspecified atom stereocenters. The summed E-state index contributed by atoms with van der Waals surface area (Å²) in [5.74, 6) is 2.64. The van der Waals surface area contributed by atoms with Crippen LogP contribution in [-0.2, 0) is 4.79 Å². The van der Waals surface area contributed by atoms with Gasteiger partial charge in [-0.1, -0.05) is 65.0 Å². The van der Waals surface area contributed by atoms with Gasteiger partial charge in [-0.3, -0.25) is 4.79 Å². The number of rotatable bonds is 7. The fourth-order valence-electron chi connectivity index (χ4n) is 14.0. The van der Waals surface area contributed by atoms with Gasteiger partial charge in [0.2, 0.25) is 5.91 Å². The SMILES string of the molecule is C=C(C)[C@@H]1CC[C@]2(CNCC(=O)N3CCCC3)CC[C@]3(C)[C@H](CC[C@@H]4[C@@]5(C)CC=C(c6ccc(C(=O)O)cc6)C(C)(C)[C@@H]5CC[C@]43C)[C@@H]12. The second-order valence-electron chi connectivity index (χ2n) is 18.7. The van der Waals surface area contributed by atoms with E-state index in [9.17, 15) is 14.7 Å². The van der Waals surface area contributed by atoms with E-state index in [1.165, 1.54) is 68.1 Å². The first-order valence-electron chi connectivity index (χ1n) is 19.4. The summed E-state index contributed by atoms with van der Waals surface area (Å²) in [5, 5.41) is 13.2. The minimum Gasteiger partial charge on any atom is -0.478 e. The molecule has 4 saturated carbocycles. The number of benzene rings is 1. The molecule has 0 bridgehead atoms.